The van der Waals surface area contributed by atoms with E-state index < -0.39 is 0 Å². The molecule has 1 aromatic carbocycles. The Kier molecular flexibility index (Phi) is 3.69. The Bertz CT molecular complexity index is 483. The molecule has 0 aliphatic heterocycles. The maximum atomic E-state index is 11.6. The van der Waals surface area contributed by atoms with Gasteiger partial charge in [0.2, 0.25) is 0 Å². The van der Waals surface area contributed by atoms with Gasteiger partial charge in [0.05, 0.1) is 23.5 Å². The number of nitrogen functional groups attached to an aromatic ring is 1. The molecule has 1 unspecified atom stereocenters. The molecule has 1 aliphatic rings. The Labute approximate surface area is 114 Å². The summed E-state index contributed by atoms with van der Waals surface area (Å²) in [6.45, 7) is 7.62. The zero-order valence-corrected chi connectivity index (χ0v) is 11.8. The minimum atomic E-state index is -0.330. The van der Waals surface area contributed by atoms with Crippen LogP contribution in [0.4, 0.5) is 11.4 Å². The topological polar surface area (TPSA) is 64.3 Å². The summed E-state index contributed by atoms with van der Waals surface area (Å²) in [4.78, 5) is 11.6. The quantitative estimate of drug-likeness (QED) is 0.632. The first-order chi connectivity index (χ1) is 8.94. The molecule has 1 fully saturated rings. The van der Waals surface area contributed by atoms with Gasteiger partial charge < -0.3 is 15.8 Å². The van der Waals surface area contributed by atoms with E-state index in [4.69, 9.17) is 10.5 Å². The molecular weight excluding hydrogens is 240 g/mol. The Balaban J connectivity index is 1.97. The highest BCUT2D eigenvalue weighted by Crippen LogP contribution is 2.51. The summed E-state index contributed by atoms with van der Waals surface area (Å²) in [6.07, 6.45) is 1.25. The van der Waals surface area contributed by atoms with Gasteiger partial charge in [-0.25, -0.2) is 4.79 Å². The third-order valence-corrected chi connectivity index (χ3v) is 3.82. The zero-order chi connectivity index (χ0) is 14.0. The molecule has 4 heteroatoms. The normalized spacial score (nSPS) is 19.8. The third kappa shape index (κ3) is 3.19. The number of anilines is 2. The highest BCUT2D eigenvalue weighted by atomic mass is 16.5. The third-order valence-electron chi connectivity index (χ3n) is 3.82. The van der Waals surface area contributed by atoms with Crippen LogP contribution in [0.2, 0.25) is 0 Å². The van der Waals surface area contributed by atoms with Gasteiger partial charge >= 0.3 is 5.97 Å². The number of nitrogens with one attached hydrogen (secondary N) is 1. The summed E-state index contributed by atoms with van der Waals surface area (Å²) < 4.78 is 4.94. The summed E-state index contributed by atoms with van der Waals surface area (Å²) in [5.74, 6) is 0.376. The summed E-state index contributed by atoms with van der Waals surface area (Å²) in [7, 11) is 0. The second kappa shape index (κ2) is 5.11. The van der Waals surface area contributed by atoms with Crippen LogP contribution in [-0.2, 0) is 4.74 Å². The van der Waals surface area contributed by atoms with Gasteiger partial charge in [0, 0.05) is 6.54 Å². The minimum Gasteiger partial charge on any atom is -0.462 e. The van der Waals surface area contributed by atoms with Crippen LogP contribution in [0.5, 0.6) is 0 Å². The first kappa shape index (κ1) is 13.7. The van der Waals surface area contributed by atoms with Gasteiger partial charge in [0.1, 0.15) is 0 Å². The number of rotatable bonds is 5. The predicted octanol–water partition coefficient (Wildman–Crippen LogP) is 2.90. The smallest absolute Gasteiger partial charge is 0.338 e. The van der Waals surface area contributed by atoms with Crippen molar-refractivity contribution in [2.75, 3.05) is 24.2 Å². The van der Waals surface area contributed by atoms with Crippen LogP contribution >= 0.6 is 0 Å². The molecule has 1 atom stereocenters. The second-order valence-electron chi connectivity index (χ2n) is 5.79. The Morgan fingerprint density at radius 1 is 1.53 bits per heavy atom. The van der Waals surface area contributed by atoms with Crippen molar-refractivity contribution in [3.63, 3.8) is 0 Å². The number of hydrogen-bond acceptors (Lipinski definition) is 4. The predicted molar refractivity (Wildman–Crippen MR) is 77.2 cm³/mol. The molecule has 104 valence electrons. The minimum absolute atomic E-state index is 0.330. The summed E-state index contributed by atoms with van der Waals surface area (Å²) in [6, 6.07) is 5.25. The summed E-state index contributed by atoms with van der Waals surface area (Å²) >= 11 is 0. The van der Waals surface area contributed by atoms with Crippen molar-refractivity contribution >= 4 is 17.3 Å². The zero-order valence-electron chi connectivity index (χ0n) is 11.8. The first-order valence-electron chi connectivity index (χ1n) is 6.74. The fraction of sp³-hybridized carbons (Fsp3) is 0.533. The molecule has 4 nitrogen and oxygen atoms in total. The number of benzene rings is 1. The Hall–Kier alpha value is -1.71. The molecule has 19 heavy (non-hydrogen) atoms. The fourth-order valence-electron chi connectivity index (χ4n) is 2.22. The lowest BCUT2D eigenvalue weighted by Gasteiger charge is -2.11. The number of carbonyl (C=O) groups excluding carboxylic acids is 1. The molecule has 0 amide bonds. The monoisotopic (exact) mass is 262 g/mol. The molecule has 0 radical (unpaired) electrons. The molecule has 1 aromatic rings. The van der Waals surface area contributed by atoms with E-state index in [1.165, 1.54) is 6.42 Å². The maximum Gasteiger partial charge on any atom is 0.338 e. The highest BCUT2D eigenvalue weighted by Gasteiger charge is 2.44. The van der Waals surface area contributed by atoms with Crippen molar-refractivity contribution in [1.82, 2.24) is 0 Å². The highest BCUT2D eigenvalue weighted by molar-refractivity contribution is 5.91. The lowest BCUT2D eigenvalue weighted by molar-refractivity contribution is 0.0526. The largest absolute Gasteiger partial charge is 0.462 e. The van der Waals surface area contributed by atoms with E-state index in [0.29, 0.717) is 29.2 Å². The SMILES string of the molecule is CCOC(=O)c1ccc(NCC2CC2(C)C)c(N)c1. The van der Waals surface area contributed by atoms with Crippen molar-refractivity contribution in [2.45, 2.75) is 27.2 Å². The molecule has 1 saturated carbocycles. The summed E-state index contributed by atoms with van der Waals surface area (Å²) in [5.41, 5.74) is 8.38. The van der Waals surface area contributed by atoms with E-state index in [1.807, 2.05) is 6.07 Å². The van der Waals surface area contributed by atoms with Crippen LogP contribution < -0.4 is 11.1 Å². The van der Waals surface area contributed by atoms with E-state index in [9.17, 15) is 4.79 Å². The number of esters is 1. The van der Waals surface area contributed by atoms with Crippen LogP contribution in [0.3, 0.4) is 0 Å². The van der Waals surface area contributed by atoms with Gasteiger partial charge in [-0.15, -0.1) is 0 Å². The number of nitrogens with two attached hydrogens (primary N) is 1. The van der Waals surface area contributed by atoms with E-state index in [-0.39, 0.29) is 5.97 Å². The molecule has 0 bridgehead atoms. The molecule has 1 aliphatic carbocycles. The first-order valence-corrected chi connectivity index (χ1v) is 6.74. The van der Waals surface area contributed by atoms with Crippen molar-refractivity contribution < 1.29 is 9.53 Å². The van der Waals surface area contributed by atoms with E-state index in [1.54, 1.807) is 19.1 Å². The van der Waals surface area contributed by atoms with E-state index in [0.717, 1.165) is 12.2 Å². The van der Waals surface area contributed by atoms with Crippen molar-refractivity contribution in [1.29, 1.82) is 0 Å². The van der Waals surface area contributed by atoms with Crippen LogP contribution in [0.1, 0.15) is 37.6 Å². The lowest BCUT2D eigenvalue weighted by atomic mass is 10.1. The fourth-order valence-corrected chi connectivity index (χ4v) is 2.22. The van der Waals surface area contributed by atoms with Crippen LogP contribution in [0, 0.1) is 11.3 Å². The van der Waals surface area contributed by atoms with Gasteiger partial charge in [-0.05, 0) is 42.9 Å². The van der Waals surface area contributed by atoms with Gasteiger partial charge in [-0.2, -0.15) is 0 Å². The van der Waals surface area contributed by atoms with Crippen molar-refractivity contribution in [3.8, 4) is 0 Å². The average Bonchev–Trinajstić information content (AvgIpc) is 2.96. The van der Waals surface area contributed by atoms with Crippen LogP contribution in [0.15, 0.2) is 18.2 Å². The molecular formula is C15H22N2O2. The maximum absolute atomic E-state index is 11.6. The standard InChI is InChI=1S/C15H22N2O2/c1-4-19-14(18)10-5-6-13(12(16)7-10)17-9-11-8-15(11,2)3/h5-7,11,17H,4,8-9,16H2,1-3H3. The number of ether oxygens (including phenoxy) is 1. The molecule has 0 saturated heterocycles. The Morgan fingerprint density at radius 3 is 2.74 bits per heavy atom. The molecule has 3 N–H and O–H groups in total. The molecule has 0 aromatic heterocycles. The van der Waals surface area contributed by atoms with Crippen molar-refractivity contribution in [2.24, 2.45) is 11.3 Å². The van der Waals surface area contributed by atoms with Gasteiger partial charge in [-0.1, -0.05) is 13.8 Å². The van der Waals surface area contributed by atoms with Gasteiger partial charge in [-0.3, -0.25) is 0 Å². The second-order valence-corrected chi connectivity index (χ2v) is 5.79. The van der Waals surface area contributed by atoms with E-state index >= 15 is 0 Å². The number of carbonyl (C=O) groups is 1. The Morgan fingerprint density at radius 2 is 2.21 bits per heavy atom. The molecule has 0 spiro atoms. The number of hydrogen-bond donors (Lipinski definition) is 2. The van der Waals surface area contributed by atoms with Gasteiger partial charge in [0.15, 0.2) is 0 Å². The summed E-state index contributed by atoms with van der Waals surface area (Å²) in [5, 5.41) is 3.35. The van der Waals surface area contributed by atoms with Gasteiger partial charge in [0.25, 0.3) is 0 Å². The lowest BCUT2D eigenvalue weighted by Crippen LogP contribution is -2.10. The van der Waals surface area contributed by atoms with Crippen molar-refractivity contribution in [3.05, 3.63) is 23.8 Å². The van der Waals surface area contributed by atoms with Crippen LogP contribution in [0.25, 0.3) is 0 Å². The molecule has 2 rings (SSSR count). The van der Waals surface area contributed by atoms with Crippen LogP contribution in [-0.4, -0.2) is 19.1 Å². The molecule has 0 heterocycles. The average molecular weight is 262 g/mol. The van der Waals surface area contributed by atoms with E-state index in [2.05, 4.69) is 19.2 Å².